The van der Waals surface area contributed by atoms with Gasteiger partial charge in [0, 0.05) is 28.9 Å². The summed E-state index contributed by atoms with van der Waals surface area (Å²) in [6, 6.07) is 19.3. The highest BCUT2D eigenvalue weighted by Crippen LogP contribution is 2.30. The first-order valence-electron chi connectivity index (χ1n) is 6.81. The maximum Gasteiger partial charge on any atom is 0.0462 e. The SMILES string of the molecule is CC[CH]c1c(-c2ccccc2)cc2cccc(C)n12. The van der Waals surface area contributed by atoms with Crippen molar-refractivity contribution in [3.63, 3.8) is 0 Å². The lowest BCUT2D eigenvalue weighted by Crippen LogP contribution is -1.96. The summed E-state index contributed by atoms with van der Waals surface area (Å²) in [6.45, 7) is 4.35. The molecule has 0 fully saturated rings. The van der Waals surface area contributed by atoms with Gasteiger partial charge < -0.3 is 4.40 Å². The molecular weight excluding hydrogens is 230 g/mol. The van der Waals surface area contributed by atoms with Gasteiger partial charge in [0.1, 0.15) is 0 Å². The Morgan fingerprint density at radius 3 is 2.53 bits per heavy atom. The average Bonchev–Trinajstić information content (AvgIpc) is 2.81. The monoisotopic (exact) mass is 248 g/mol. The third-order valence-corrected chi connectivity index (χ3v) is 3.51. The number of pyridine rings is 1. The summed E-state index contributed by atoms with van der Waals surface area (Å²) in [5.41, 5.74) is 6.45. The lowest BCUT2D eigenvalue weighted by Gasteiger charge is -2.08. The Hall–Kier alpha value is -2.02. The van der Waals surface area contributed by atoms with Gasteiger partial charge in [0.2, 0.25) is 0 Å². The fraction of sp³-hybridized carbons (Fsp3) is 0.167. The lowest BCUT2D eigenvalue weighted by molar-refractivity contribution is 1.00. The first kappa shape index (κ1) is 12.0. The Morgan fingerprint density at radius 1 is 1.00 bits per heavy atom. The molecule has 0 saturated carbocycles. The van der Waals surface area contributed by atoms with Gasteiger partial charge in [-0.2, -0.15) is 0 Å². The molecule has 1 radical (unpaired) electrons. The molecule has 0 bridgehead atoms. The molecule has 0 aliphatic heterocycles. The van der Waals surface area contributed by atoms with Crippen LogP contribution in [0.5, 0.6) is 0 Å². The van der Waals surface area contributed by atoms with Crippen molar-refractivity contribution >= 4 is 5.52 Å². The second kappa shape index (κ2) is 4.93. The third-order valence-electron chi connectivity index (χ3n) is 3.51. The van der Waals surface area contributed by atoms with Crippen molar-refractivity contribution in [2.45, 2.75) is 20.3 Å². The number of hydrogen-bond donors (Lipinski definition) is 0. The van der Waals surface area contributed by atoms with E-state index in [0.717, 1.165) is 6.42 Å². The van der Waals surface area contributed by atoms with Crippen LogP contribution in [0.2, 0.25) is 0 Å². The van der Waals surface area contributed by atoms with Crippen molar-refractivity contribution < 1.29 is 0 Å². The number of nitrogens with zero attached hydrogens (tertiary/aromatic N) is 1. The smallest absolute Gasteiger partial charge is 0.0462 e. The average molecular weight is 248 g/mol. The zero-order valence-electron chi connectivity index (χ0n) is 11.4. The summed E-state index contributed by atoms with van der Waals surface area (Å²) in [7, 11) is 0. The quantitative estimate of drug-likeness (QED) is 0.622. The van der Waals surface area contributed by atoms with E-state index in [1.165, 1.54) is 28.0 Å². The molecule has 1 heteroatoms. The summed E-state index contributed by atoms with van der Waals surface area (Å²) in [5, 5.41) is 0. The minimum atomic E-state index is 1.04. The highest BCUT2D eigenvalue weighted by molar-refractivity contribution is 5.75. The number of hydrogen-bond acceptors (Lipinski definition) is 0. The lowest BCUT2D eigenvalue weighted by atomic mass is 10.0. The van der Waals surface area contributed by atoms with Crippen LogP contribution in [0.25, 0.3) is 16.6 Å². The molecule has 19 heavy (non-hydrogen) atoms. The molecule has 0 spiro atoms. The van der Waals surface area contributed by atoms with E-state index >= 15 is 0 Å². The Morgan fingerprint density at radius 2 is 1.79 bits per heavy atom. The molecule has 0 N–H and O–H groups in total. The number of fused-ring (bicyclic) bond motifs is 1. The van der Waals surface area contributed by atoms with Crippen LogP contribution in [0.3, 0.4) is 0 Å². The Kier molecular flexibility index (Phi) is 3.12. The molecule has 0 unspecified atom stereocenters. The van der Waals surface area contributed by atoms with Gasteiger partial charge in [-0.25, -0.2) is 0 Å². The Balaban J connectivity index is 2.30. The highest BCUT2D eigenvalue weighted by atomic mass is 14.9. The molecule has 0 atom stereocenters. The number of aromatic nitrogens is 1. The Bertz CT molecular complexity index is 692. The van der Waals surface area contributed by atoms with E-state index in [4.69, 9.17) is 0 Å². The molecule has 3 aromatic rings. The topological polar surface area (TPSA) is 4.41 Å². The van der Waals surface area contributed by atoms with Crippen LogP contribution in [-0.4, -0.2) is 4.40 Å². The van der Waals surface area contributed by atoms with Gasteiger partial charge >= 0.3 is 0 Å². The van der Waals surface area contributed by atoms with Crippen molar-refractivity contribution in [3.8, 4) is 11.1 Å². The van der Waals surface area contributed by atoms with Gasteiger partial charge in [-0.3, -0.25) is 0 Å². The molecule has 95 valence electrons. The molecular formula is C18H18N. The molecule has 1 aromatic carbocycles. The first-order valence-corrected chi connectivity index (χ1v) is 6.81. The fourth-order valence-electron chi connectivity index (χ4n) is 2.67. The highest BCUT2D eigenvalue weighted by Gasteiger charge is 2.12. The first-order chi connectivity index (χ1) is 9.31. The van der Waals surface area contributed by atoms with Crippen LogP contribution in [0.15, 0.2) is 54.6 Å². The minimum absolute atomic E-state index is 1.04. The maximum absolute atomic E-state index is 2.34. The minimum Gasteiger partial charge on any atom is -0.317 e. The number of benzene rings is 1. The van der Waals surface area contributed by atoms with E-state index in [-0.39, 0.29) is 0 Å². The van der Waals surface area contributed by atoms with Crippen LogP contribution >= 0.6 is 0 Å². The second-order valence-corrected chi connectivity index (χ2v) is 4.85. The predicted octanol–water partition coefficient (Wildman–Crippen LogP) is 4.88. The standard InChI is InChI=1S/C18H18N/c1-3-8-18-17(15-10-5-4-6-11-15)13-16-12-7-9-14(2)19(16)18/h4-13H,3H2,1-2H3. The zero-order valence-corrected chi connectivity index (χ0v) is 11.4. The van der Waals surface area contributed by atoms with Gasteiger partial charge in [-0.05, 0) is 37.1 Å². The van der Waals surface area contributed by atoms with E-state index in [9.17, 15) is 0 Å². The molecule has 2 aromatic heterocycles. The fourth-order valence-corrected chi connectivity index (χ4v) is 2.67. The largest absolute Gasteiger partial charge is 0.317 e. The van der Waals surface area contributed by atoms with E-state index in [1.807, 2.05) is 0 Å². The number of aryl methyl sites for hydroxylation is 1. The summed E-state index contributed by atoms with van der Waals surface area (Å²) in [6.07, 6.45) is 3.35. The molecule has 0 aliphatic carbocycles. The van der Waals surface area contributed by atoms with Crippen molar-refractivity contribution in [1.29, 1.82) is 0 Å². The van der Waals surface area contributed by atoms with Gasteiger partial charge in [0.05, 0.1) is 0 Å². The normalized spacial score (nSPS) is 11.1. The zero-order chi connectivity index (χ0) is 13.2. The molecule has 0 saturated heterocycles. The Labute approximate surface area is 114 Å². The molecule has 1 nitrogen and oxygen atoms in total. The van der Waals surface area contributed by atoms with Gasteiger partial charge in [-0.15, -0.1) is 0 Å². The van der Waals surface area contributed by atoms with E-state index in [2.05, 4.69) is 79.3 Å². The van der Waals surface area contributed by atoms with E-state index in [1.54, 1.807) is 0 Å². The summed E-state index contributed by atoms with van der Waals surface area (Å²) in [4.78, 5) is 0. The molecule has 0 amide bonds. The summed E-state index contributed by atoms with van der Waals surface area (Å²) < 4.78 is 2.34. The van der Waals surface area contributed by atoms with Crippen molar-refractivity contribution in [1.82, 2.24) is 4.40 Å². The van der Waals surface area contributed by atoms with Gasteiger partial charge in [0.25, 0.3) is 0 Å². The van der Waals surface area contributed by atoms with E-state index < -0.39 is 0 Å². The van der Waals surface area contributed by atoms with E-state index in [0.29, 0.717) is 0 Å². The van der Waals surface area contributed by atoms with Gasteiger partial charge in [-0.1, -0.05) is 43.3 Å². The molecule has 2 heterocycles. The predicted molar refractivity (Wildman–Crippen MR) is 81.3 cm³/mol. The van der Waals surface area contributed by atoms with Crippen LogP contribution in [0, 0.1) is 13.3 Å². The summed E-state index contributed by atoms with van der Waals surface area (Å²) >= 11 is 0. The van der Waals surface area contributed by atoms with Crippen molar-refractivity contribution in [3.05, 3.63) is 72.4 Å². The second-order valence-electron chi connectivity index (χ2n) is 4.85. The van der Waals surface area contributed by atoms with Crippen molar-refractivity contribution in [2.24, 2.45) is 0 Å². The maximum atomic E-state index is 2.34. The van der Waals surface area contributed by atoms with Crippen LogP contribution in [-0.2, 0) is 0 Å². The van der Waals surface area contributed by atoms with Gasteiger partial charge in [0.15, 0.2) is 0 Å². The number of rotatable bonds is 3. The molecule has 0 aliphatic rings. The van der Waals surface area contributed by atoms with Crippen LogP contribution in [0.4, 0.5) is 0 Å². The summed E-state index contributed by atoms with van der Waals surface area (Å²) in [5.74, 6) is 0. The third kappa shape index (κ3) is 2.06. The van der Waals surface area contributed by atoms with Crippen LogP contribution in [0.1, 0.15) is 24.7 Å². The van der Waals surface area contributed by atoms with Crippen LogP contribution < -0.4 is 0 Å². The van der Waals surface area contributed by atoms with Crippen molar-refractivity contribution in [2.75, 3.05) is 0 Å². The molecule has 3 rings (SSSR count).